The van der Waals surface area contributed by atoms with Gasteiger partial charge in [0.2, 0.25) is 0 Å². The molecule has 1 aromatic carbocycles. The highest BCUT2D eigenvalue weighted by atomic mass is 35.5. The summed E-state index contributed by atoms with van der Waals surface area (Å²) in [6, 6.07) is 2.94. The van der Waals surface area contributed by atoms with Crippen molar-refractivity contribution in [3.05, 3.63) is 28.3 Å². The Hall–Kier alpha value is -1.22. The Bertz CT molecular complexity index is 376. The van der Waals surface area contributed by atoms with Crippen LogP contribution in [0.2, 0.25) is 5.02 Å². The Balaban J connectivity index is 2.49. The molecule has 1 aliphatic rings. The average molecular weight is 212 g/mol. The first-order valence-corrected chi connectivity index (χ1v) is 4.79. The molecule has 0 bridgehead atoms. The van der Waals surface area contributed by atoms with Crippen LogP contribution in [0.1, 0.15) is 34.7 Å². The minimum absolute atomic E-state index is 0.150. The molecule has 0 aromatic heterocycles. The van der Waals surface area contributed by atoms with E-state index in [4.69, 9.17) is 22.4 Å². The fourth-order valence-corrected chi connectivity index (χ4v) is 1.95. The Morgan fingerprint density at radius 1 is 1.50 bits per heavy atom. The summed E-state index contributed by atoms with van der Waals surface area (Å²) in [4.78, 5) is 10.7. The number of carboxylic acid groups (broad SMARTS) is 1. The molecule has 0 radical (unpaired) electrons. The van der Waals surface area contributed by atoms with Crippen molar-refractivity contribution in [2.45, 2.75) is 18.8 Å². The lowest BCUT2D eigenvalue weighted by atomic mass is 10.1. The van der Waals surface area contributed by atoms with Gasteiger partial charge in [0.25, 0.3) is 0 Å². The van der Waals surface area contributed by atoms with E-state index in [0.717, 1.165) is 18.4 Å². The molecule has 0 amide bonds. The predicted octanol–water partition coefficient (Wildman–Crippen LogP) is 2.50. The minimum Gasteiger partial charge on any atom is -0.478 e. The summed E-state index contributed by atoms with van der Waals surface area (Å²) in [7, 11) is 0. The van der Waals surface area contributed by atoms with Gasteiger partial charge in [-0.15, -0.1) is 0 Å². The molecular formula is C10H10ClNO2. The van der Waals surface area contributed by atoms with E-state index in [2.05, 4.69) is 0 Å². The van der Waals surface area contributed by atoms with E-state index in [1.807, 2.05) is 0 Å². The van der Waals surface area contributed by atoms with Gasteiger partial charge in [0.1, 0.15) is 0 Å². The summed E-state index contributed by atoms with van der Waals surface area (Å²) in [5.41, 5.74) is 7.31. The molecule has 4 heteroatoms. The van der Waals surface area contributed by atoms with Gasteiger partial charge >= 0.3 is 5.97 Å². The third-order valence-electron chi connectivity index (χ3n) is 2.39. The van der Waals surface area contributed by atoms with Crippen LogP contribution in [0, 0.1) is 0 Å². The molecule has 3 nitrogen and oxygen atoms in total. The molecule has 1 saturated carbocycles. The lowest BCUT2D eigenvalue weighted by molar-refractivity contribution is 0.0697. The number of hydrogen-bond acceptors (Lipinski definition) is 2. The molecule has 1 aromatic rings. The van der Waals surface area contributed by atoms with Gasteiger partial charge in [0.05, 0.1) is 5.56 Å². The number of nitrogens with two attached hydrogens (primary N) is 1. The number of carboxylic acids is 1. The zero-order chi connectivity index (χ0) is 10.3. The van der Waals surface area contributed by atoms with Crippen LogP contribution in [0.4, 0.5) is 5.69 Å². The maximum absolute atomic E-state index is 10.7. The zero-order valence-corrected chi connectivity index (χ0v) is 8.21. The van der Waals surface area contributed by atoms with Crippen LogP contribution in [0.3, 0.4) is 0 Å². The third-order valence-corrected chi connectivity index (χ3v) is 2.71. The number of benzene rings is 1. The van der Waals surface area contributed by atoms with Crippen molar-refractivity contribution in [3.8, 4) is 0 Å². The number of carbonyl (C=O) groups is 1. The van der Waals surface area contributed by atoms with E-state index in [-0.39, 0.29) is 5.56 Å². The average Bonchev–Trinajstić information content (AvgIpc) is 2.86. The summed E-state index contributed by atoms with van der Waals surface area (Å²) in [5, 5.41) is 9.24. The summed E-state index contributed by atoms with van der Waals surface area (Å²) in [6.45, 7) is 0. The number of nitrogen functional groups attached to an aromatic ring is 1. The van der Waals surface area contributed by atoms with Crippen LogP contribution >= 0.6 is 11.6 Å². The van der Waals surface area contributed by atoms with Crippen molar-refractivity contribution in [1.29, 1.82) is 0 Å². The molecule has 0 atom stereocenters. The fraction of sp³-hybridized carbons (Fsp3) is 0.300. The first kappa shape index (κ1) is 9.34. The Labute approximate surface area is 86.5 Å². The van der Waals surface area contributed by atoms with E-state index in [1.54, 1.807) is 0 Å². The van der Waals surface area contributed by atoms with E-state index in [1.165, 1.54) is 12.1 Å². The van der Waals surface area contributed by atoms with Crippen molar-refractivity contribution in [2.75, 3.05) is 5.73 Å². The highest BCUT2D eigenvalue weighted by Crippen LogP contribution is 2.46. The molecule has 0 unspecified atom stereocenters. The van der Waals surface area contributed by atoms with Gasteiger partial charge in [-0.1, -0.05) is 11.6 Å². The first-order valence-electron chi connectivity index (χ1n) is 4.42. The quantitative estimate of drug-likeness (QED) is 0.739. The van der Waals surface area contributed by atoms with Crippen molar-refractivity contribution < 1.29 is 9.90 Å². The standard InChI is InChI=1S/C10H10ClNO2/c11-7-3-6(10(13)14)4-8(12)9(7)5-1-2-5/h3-5H,1-2,12H2,(H,13,14). The molecule has 0 saturated heterocycles. The lowest BCUT2D eigenvalue weighted by Crippen LogP contribution is -2.01. The smallest absolute Gasteiger partial charge is 0.335 e. The SMILES string of the molecule is Nc1cc(C(=O)O)cc(Cl)c1C1CC1. The monoisotopic (exact) mass is 211 g/mol. The number of anilines is 1. The Kier molecular flexibility index (Phi) is 2.11. The Morgan fingerprint density at radius 3 is 2.57 bits per heavy atom. The molecule has 74 valence electrons. The zero-order valence-electron chi connectivity index (χ0n) is 7.46. The lowest BCUT2D eigenvalue weighted by Gasteiger charge is -2.07. The van der Waals surface area contributed by atoms with Gasteiger partial charge in [-0.2, -0.15) is 0 Å². The molecular weight excluding hydrogens is 202 g/mol. The number of aromatic carboxylic acids is 1. The maximum Gasteiger partial charge on any atom is 0.335 e. The minimum atomic E-state index is -0.999. The van der Waals surface area contributed by atoms with E-state index < -0.39 is 5.97 Å². The van der Waals surface area contributed by atoms with Gasteiger partial charge in [-0.3, -0.25) is 0 Å². The van der Waals surface area contributed by atoms with E-state index in [9.17, 15) is 4.79 Å². The molecule has 0 spiro atoms. The summed E-state index contributed by atoms with van der Waals surface area (Å²) < 4.78 is 0. The number of rotatable bonds is 2. The van der Waals surface area contributed by atoms with Crippen molar-refractivity contribution in [1.82, 2.24) is 0 Å². The number of halogens is 1. The third kappa shape index (κ3) is 1.55. The van der Waals surface area contributed by atoms with Crippen LogP contribution in [-0.2, 0) is 0 Å². The fourth-order valence-electron chi connectivity index (χ4n) is 1.57. The van der Waals surface area contributed by atoms with Crippen molar-refractivity contribution in [2.24, 2.45) is 0 Å². The second-order valence-electron chi connectivity index (χ2n) is 3.54. The van der Waals surface area contributed by atoms with Crippen LogP contribution < -0.4 is 5.73 Å². The van der Waals surface area contributed by atoms with Gasteiger partial charge in [0.15, 0.2) is 0 Å². The van der Waals surface area contributed by atoms with Gasteiger partial charge < -0.3 is 10.8 Å². The predicted molar refractivity (Wildman–Crippen MR) is 54.8 cm³/mol. The molecule has 3 N–H and O–H groups in total. The highest BCUT2D eigenvalue weighted by molar-refractivity contribution is 6.32. The number of hydrogen-bond donors (Lipinski definition) is 2. The van der Waals surface area contributed by atoms with Crippen LogP contribution in [-0.4, -0.2) is 11.1 Å². The molecule has 1 aliphatic carbocycles. The van der Waals surface area contributed by atoms with Crippen molar-refractivity contribution >= 4 is 23.3 Å². The molecule has 2 rings (SSSR count). The van der Waals surface area contributed by atoms with Crippen molar-refractivity contribution in [3.63, 3.8) is 0 Å². The van der Waals surface area contributed by atoms with Crippen LogP contribution in [0.15, 0.2) is 12.1 Å². The summed E-state index contributed by atoms with van der Waals surface area (Å²) in [5.74, 6) is -0.564. The summed E-state index contributed by atoms with van der Waals surface area (Å²) >= 11 is 5.97. The molecule has 0 heterocycles. The molecule has 14 heavy (non-hydrogen) atoms. The van der Waals surface area contributed by atoms with Gasteiger partial charge in [0, 0.05) is 10.7 Å². The normalized spacial score (nSPS) is 15.5. The maximum atomic E-state index is 10.7. The van der Waals surface area contributed by atoms with Gasteiger partial charge in [-0.05, 0) is 36.5 Å². The molecule has 0 aliphatic heterocycles. The molecule has 1 fully saturated rings. The van der Waals surface area contributed by atoms with E-state index >= 15 is 0 Å². The van der Waals surface area contributed by atoms with E-state index in [0.29, 0.717) is 16.6 Å². The summed E-state index contributed by atoms with van der Waals surface area (Å²) in [6.07, 6.45) is 2.19. The largest absolute Gasteiger partial charge is 0.478 e. The van der Waals surface area contributed by atoms with Crippen LogP contribution in [0.25, 0.3) is 0 Å². The highest BCUT2D eigenvalue weighted by Gasteiger charge is 2.28. The van der Waals surface area contributed by atoms with Gasteiger partial charge in [-0.25, -0.2) is 4.79 Å². The topological polar surface area (TPSA) is 63.3 Å². The Morgan fingerprint density at radius 2 is 2.14 bits per heavy atom. The van der Waals surface area contributed by atoms with Crippen LogP contribution in [0.5, 0.6) is 0 Å². The second kappa shape index (κ2) is 3.17. The first-order chi connectivity index (χ1) is 6.59. The second-order valence-corrected chi connectivity index (χ2v) is 3.95.